The maximum Gasteiger partial charge on any atom is 0.340 e. The van der Waals surface area contributed by atoms with Gasteiger partial charge in [-0.3, -0.25) is 0 Å². The Morgan fingerprint density at radius 2 is 1.72 bits per heavy atom. The van der Waals surface area contributed by atoms with Gasteiger partial charge in [-0.1, -0.05) is 79.9 Å². The molecule has 39 heavy (non-hydrogen) atoms. The monoisotopic (exact) mass is 567 g/mol. The fourth-order valence-electron chi connectivity index (χ4n) is 4.23. The smallest absolute Gasteiger partial charge is 0.340 e. The molecule has 0 bridgehead atoms. The van der Waals surface area contributed by atoms with E-state index in [4.69, 9.17) is 20.8 Å². The van der Waals surface area contributed by atoms with E-state index < -0.39 is 27.7 Å². The number of fused-ring (bicyclic) bond motifs is 1. The van der Waals surface area contributed by atoms with Crippen LogP contribution in [-0.2, 0) is 21.2 Å². The lowest BCUT2D eigenvalue weighted by molar-refractivity contribution is -0.137. The first-order valence-electron chi connectivity index (χ1n) is 12.6. The number of rotatable bonds is 9. The first kappa shape index (κ1) is 28.5. The van der Waals surface area contributed by atoms with Crippen LogP contribution in [-0.4, -0.2) is 20.4 Å². The second-order valence-electron chi connectivity index (χ2n) is 9.65. The molecular formula is C30H30ClNO6S. The minimum absolute atomic E-state index is 0.0321. The van der Waals surface area contributed by atoms with Crippen molar-refractivity contribution in [2.24, 2.45) is 5.92 Å². The fourth-order valence-corrected chi connectivity index (χ4v) is 5.72. The number of hydrogen-bond donors (Lipinski definition) is 1. The Morgan fingerprint density at radius 3 is 2.36 bits per heavy atom. The van der Waals surface area contributed by atoms with Gasteiger partial charge < -0.3 is 9.15 Å². The molecule has 0 amide bonds. The minimum Gasteiger partial charge on any atom is -0.424 e. The number of halogens is 1. The van der Waals surface area contributed by atoms with E-state index in [9.17, 15) is 18.0 Å². The van der Waals surface area contributed by atoms with Crippen LogP contribution in [0.15, 0.2) is 80.8 Å². The van der Waals surface area contributed by atoms with Gasteiger partial charge in [0, 0.05) is 23.4 Å². The van der Waals surface area contributed by atoms with Gasteiger partial charge in [0.25, 0.3) is 0 Å². The van der Waals surface area contributed by atoms with Crippen molar-refractivity contribution in [2.75, 3.05) is 0 Å². The number of ether oxygens (including phenoxy) is 1. The summed E-state index contributed by atoms with van der Waals surface area (Å²) < 4.78 is 39.7. The molecule has 2 atom stereocenters. The molecule has 0 saturated heterocycles. The average Bonchev–Trinajstić information content (AvgIpc) is 2.91. The van der Waals surface area contributed by atoms with Gasteiger partial charge in [-0.2, -0.15) is 4.72 Å². The summed E-state index contributed by atoms with van der Waals surface area (Å²) in [4.78, 5) is 26.1. The lowest BCUT2D eigenvalue weighted by atomic mass is 9.99. The molecule has 0 aliphatic heterocycles. The molecule has 0 unspecified atom stereocenters. The zero-order valence-corrected chi connectivity index (χ0v) is 23.7. The second-order valence-corrected chi connectivity index (χ2v) is 11.8. The van der Waals surface area contributed by atoms with Crippen LogP contribution in [0.25, 0.3) is 11.0 Å². The Hall–Kier alpha value is -3.46. The van der Waals surface area contributed by atoms with Crippen molar-refractivity contribution >= 4 is 38.6 Å². The normalized spacial score (nSPS) is 13.3. The van der Waals surface area contributed by atoms with Crippen LogP contribution < -0.4 is 15.1 Å². The number of carbonyl (C=O) groups excluding carboxylic acids is 1. The second kappa shape index (κ2) is 11.7. The third-order valence-corrected chi connectivity index (χ3v) is 8.61. The Bertz CT molecular complexity index is 1660. The molecule has 0 aliphatic carbocycles. The molecule has 0 saturated carbocycles. The van der Waals surface area contributed by atoms with E-state index in [1.165, 1.54) is 18.2 Å². The first-order chi connectivity index (χ1) is 18.5. The molecule has 0 spiro atoms. The van der Waals surface area contributed by atoms with Crippen LogP contribution in [0.1, 0.15) is 42.5 Å². The van der Waals surface area contributed by atoms with E-state index in [1.807, 2.05) is 51.1 Å². The molecule has 0 fully saturated rings. The van der Waals surface area contributed by atoms with E-state index in [2.05, 4.69) is 4.72 Å². The highest BCUT2D eigenvalue weighted by molar-refractivity contribution is 7.89. The van der Waals surface area contributed by atoms with Gasteiger partial charge in [-0.25, -0.2) is 18.0 Å². The highest BCUT2D eigenvalue weighted by Crippen LogP contribution is 2.33. The molecule has 0 radical (unpaired) electrons. The summed E-state index contributed by atoms with van der Waals surface area (Å²) in [6, 6.07) is 17.7. The van der Waals surface area contributed by atoms with Crippen LogP contribution in [0.2, 0.25) is 5.02 Å². The standard InChI is InChI=1S/C30H30ClNO6S/c1-5-19(3)28(32-39(35,36)22-13-11-18(2)12-14-22)30(34)38-27-17-26-23(16-25(27)31)20(4)24(29(33)37-26)15-21-9-7-6-8-10-21/h6-14,16-17,19,28,32H,5,15H2,1-4H3/t19-,28+/m1/s1. The first-order valence-corrected chi connectivity index (χ1v) is 14.5. The zero-order valence-electron chi connectivity index (χ0n) is 22.2. The molecule has 1 heterocycles. The van der Waals surface area contributed by atoms with Gasteiger partial charge in [-0.05, 0) is 49.1 Å². The maximum atomic E-state index is 13.3. The summed E-state index contributed by atoms with van der Waals surface area (Å²) >= 11 is 6.50. The number of sulfonamides is 1. The Balaban J connectivity index is 1.63. The summed E-state index contributed by atoms with van der Waals surface area (Å²) in [6.07, 6.45) is 0.914. The summed E-state index contributed by atoms with van der Waals surface area (Å²) in [5, 5.41) is 0.742. The highest BCUT2D eigenvalue weighted by Gasteiger charge is 2.32. The third kappa shape index (κ3) is 6.41. The van der Waals surface area contributed by atoms with Crippen molar-refractivity contribution in [1.82, 2.24) is 4.72 Å². The molecule has 0 aliphatic rings. The van der Waals surface area contributed by atoms with Gasteiger partial charge >= 0.3 is 11.6 Å². The number of benzene rings is 3. The topological polar surface area (TPSA) is 103 Å². The van der Waals surface area contributed by atoms with Crippen molar-refractivity contribution in [1.29, 1.82) is 0 Å². The van der Waals surface area contributed by atoms with E-state index in [-0.39, 0.29) is 27.2 Å². The van der Waals surface area contributed by atoms with Crippen LogP contribution in [0.3, 0.4) is 0 Å². The molecule has 4 rings (SSSR count). The Morgan fingerprint density at radius 1 is 1.05 bits per heavy atom. The number of carbonyl (C=O) groups is 1. The van der Waals surface area contributed by atoms with Crippen molar-refractivity contribution in [3.63, 3.8) is 0 Å². The molecule has 204 valence electrons. The summed E-state index contributed by atoms with van der Waals surface area (Å²) in [5.74, 6) is -1.23. The average molecular weight is 568 g/mol. The van der Waals surface area contributed by atoms with Gasteiger partial charge in [-0.15, -0.1) is 0 Å². The minimum atomic E-state index is -4.00. The van der Waals surface area contributed by atoms with Crippen molar-refractivity contribution in [3.05, 3.63) is 104 Å². The van der Waals surface area contributed by atoms with Gasteiger partial charge in [0.1, 0.15) is 11.6 Å². The van der Waals surface area contributed by atoms with E-state index in [0.717, 1.165) is 11.1 Å². The lowest BCUT2D eigenvalue weighted by Gasteiger charge is -2.23. The molecule has 3 aromatic carbocycles. The molecule has 7 nitrogen and oxygen atoms in total. The van der Waals surface area contributed by atoms with Crippen LogP contribution in [0.5, 0.6) is 5.75 Å². The van der Waals surface area contributed by atoms with Crippen molar-refractivity contribution in [2.45, 2.75) is 51.5 Å². The number of aryl methyl sites for hydroxylation is 2. The predicted molar refractivity (Wildman–Crippen MR) is 152 cm³/mol. The predicted octanol–water partition coefficient (Wildman–Crippen LogP) is 5.95. The SMILES string of the molecule is CC[C@@H](C)[C@H](NS(=O)(=O)c1ccc(C)cc1)C(=O)Oc1cc2oc(=O)c(Cc3ccccc3)c(C)c2cc1Cl. The summed E-state index contributed by atoms with van der Waals surface area (Å²) in [6.45, 7) is 7.27. The highest BCUT2D eigenvalue weighted by atomic mass is 35.5. The Labute approximate surface area is 232 Å². The van der Waals surface area contributed by atoms with E-state index in [1.54, 1.807) is 25.1 Å². The van der Waals surface area contributed by atoms with E-state index in [0.29, 0.717) is 29.4 Å². The largest absolute Gasteiger partial charge is 0.424 e. The van der Waals surface area contributed by atoms with Crippen LogP contribution in [0, 0.1) is 19.8 Å². The molecule has 1 N–H and O–H groups in total. The lowest BCUT2D eigenvalue weighted by Crippen LogP contribution is -2.46. The quantitative estimate of drug-likeness (QED) is 0.152. The maximum absolute atomic E-state index is 13.3. The third-order valence-electron chi connectivity index (χ3n) is 6.85. The molecule has 1 aromatic heterocycles. The van der Waals surface area contributed by atoms with Gasteiger partial charge in [0.15, 0.2) is 5.75 Å². The number of esters is 1. The van der Waals surface area contributed by atoms with E-state index >= 15 is 0 Å². The summed E-state index contributed by atoms with van der Waals surface area (Å²) in [7, 11) is -4.00. The van der Waals surface area contributed by atoms with Crippen molar-refractivity contribution in [3.8, 4) is 5.75 Å². The summed E-state index contributed by atoms with van der Waals surface area (Å²) in [5.41, 5.74) is 2.82. The van der Waals surface area contributed by atoms with Gasteiger partial charge in [0.05, 0.1) is 9.92 Å². The van der Waals surface area contributed by atoms with Crippen LogP contribution >= 0.6 is 11.6 Å². The Kier molecular flexibility index (Phi) is 8.59. The zero-order chi connectivity index (χ0) is 28.3. The van der Waals surface area contributed by atoms with Gasteiger partial charge in [0.2, 0.25) is 10.0 Å². The molecular weight excluding hydrogens is 538 g/mol. The fraction of sp³-hybridized carbons (Fsp3) is 0.267. The number of nitrogens with one attached hydrogen (secondary N) is 1. The molecule has 9 heteroatoms. The van der Waals surface area contributed by atoms with Crippen molar-refractivity contribution < 1.29 is 22.4 Å². The number of hydrogen-bond acceptors (Lipinski definition) is 6. The molecule has 4 aromatic rings. The van der Waals surface area contributed by atoms with Crippen LogP contribution in [0.4, 0.5) is 0 Å².